The van der Waals surface area contributed by atoms with E-state index in [1.807, 2.05) is 61.6 Å². The van der Waals surface area contributed by atoms with E-state index in [0.29, 0.717) is 11.1 Å². The monoisotopic (exact) mass is 488 g/mol. The fourth-order valence-corrected chi connectivity index (χ4v) is 6.06. The molecule has 0 fully saturated rings. The van der Waals surface area contributed by atoms with Gasteiger partial charge in [-0.15, -0.1) is 0 Å². The minimum Gasteiger partial charge on any atom is -0.506 e. The number of carbonyl (C=O) groups excluding carboxylic acids is 1. The number of aliphatic hydroxyl groups excluding tert-OH is 1. The quantitative estimate of drug-likeness (QED) is 0.349. The van der Waals surface area contributed by atoms with Crippen molar-refractivity contribution >= 4 is 55.5 Å². The van der Waals surface area contributed by atoms with Gasteiger partial charge < -0.3 is 20.6 Å². The number of hydrogen-bond acceptors (Lipinski definition) is 6. The van der Waals surface area contributed by atoms with E-state index in [0.717, 1.165) is 54.7 Å². The van der Waals surface area contributed by atoms with Crippen molar-refractivity contribution in [2.24, 2.45) is 4.99 Å². The Balaban J connectivity index is 1.48. The third kappa shape index (κ3) is 2.87. The van der Waals surface area contributed by atoms with Gasteiger partial charge in [-0.05, 0) is 73.5 Å². The summed E-state index contributed by atoms with van der Waals surface area (Å²) in [4.78, 5) is 20.8. The number of ketones is 1. The molecule has 0 bridgehead atoms. The summed E-state index contributed by atoms with van der Waals surface area (Å²) in [5.41, 5.74) is 3.90. The smallest absolute Gasteiger partial charge is 0.201 e. The highest BCUT2D eigenvalue weighted by Crippen LogP contribution is 2.45. The lowest BCUT2D eigenvalue weighted by Crippen LogP contribution is -2.44. The summed E-state index contributed by atoms with van der Waals surface area (Å²) in [7, 11) is 2.04. The fraction of sp³-hybridized carbons (Fsp3) is 0.226. The van der Waals surface area contributed by atoms with Crippen LogP contribution in [0, 0.1) is 0 Å². The molecule has 1 aliphatic carbocycles. The zero-order valence-corrected chi connectivity index (χ0v) is 21.5. The van der Waals surface area contributed by atoms with Crippen LogP contribution in [0.2, 0.25) is 0 Å². The first-order valence-electron chi connectivity index (χ1n) is 12.6. The van der Waals surface area contributed by atoms with Crippen LogP contribution in [0.4, 0.5) is 17.1 Å². The Kier molecular flexibility index (Phi) is 4.10. The van der Waals surface area contributed by atoms with Crippen molar-refractivity contribution in [1.82, 2.24) is 0 Å². The Morgan fingerprint density at radius 2 is 1.51 bits per heavy atom. The number of rotatable bonds is 1. The summed E-state index contributed by atoms with van der Waals surface area (Å²) in [6.07, 6.45) is 0. The summed E-state index contributed by atoms with van der Waals surface area (Å²) in [6, 6.07) is 19.9. The Bertz CT molecular complexity index is 1870. The molecule has 0 amide bonds. The topological polar surface area (TPSA) is 77.0 Å². The second-order valence-electron chi connectivity index (χ2n) is 11.2. The van der Waals surface area contributed by atoms with E-state index in [9.17, 15) is 9.90 Å². The zero-order valence-electron chi connectivity index (χ0n) is 21.5. The normalized spacial score (nSPS) is 20.4. The molecule has 37 heavy (non-hydrogen) atoms. The van der Waals surface area contributed by atoms with Crippen LogP contribution in [-0.2, 0) is 4.79 Å². The van der Waals surface area contributed by atoms with Crippen LogP contribution in [0.25, 0.3) is 32.7 Å². The molecule has 6 heteroatoms. The number of benzene rings is 4. The maximum absolute atomic E-state index is 13.7. The van der Waals surface area contributed by atoms with Gasteiger partial charge in [-0.3, -0.25) is 9.79 Å². The van der Waals surface area contributed by atoms with Crippen LogP contribution < -0.4 is 26.1 Å². The van der Waals surface area contributed by atoms with Gasteiger partial charge >= 0.3 is 0 Å². The van der Waals surface area contributed by atoms with E-state index in [4.69, 9.17) is 4.99 Å². The van der Waals surface area contributed by atoms with Gasteiger partial charge in [-0.2, -0.15) is 0 Å². The molecule has 4 aromatic rings. The molecule has 0 saturated carbocycles. The average Bonchev–Trinajstić information content (AvgIpc) is 2.84. The van der Waals surface area contributed by atoms with Gasteiger partial charge in [-0.1, -0.05) is 36.4 Å². The highest BCUT2D eigenvalue weighted by Gasteiger charge is 2.38. The fourth-order valence-electron chi connectivity index (χ4n) is 6.06. The molecule has 0 spiro atoms. The first-order valence-corrected chi connectivity index (χ1v) is 12.6. The Hall–Kier alpha value is -4.32. The number of hydrogen-bond donors (Lipinski definition) is 3. The molecule has 7 rings (SSSR count). The maximum atomic E-state index is 13.7. The molecule has 0 saturated heterocycles. The first kappa shape index (κ1) is 21.9. The van der Waals surface area contributed by atoms with Crippen molar-refractivity contribution in [2.45, 2.75) is 39.0 Å². The van der Waals surface area contributed by atoms with Crippen molar-refractivity contribution in [3.63, 3.8) is 0 Å². The molecule has 4 aromatic carbocycles. The molecule has 0 radical (unpaired) electrons. The third-order valence-electron chi connectivity index (χ3n) is 7.97. The second-order valence-corrected chi connectivity index (χ2v) is 11.2. The standard InChI is InChI=1S/C31H28N4O2/c1-30(2)32-20-10-6-8-16-18(12-14-21(33-30)24(16)20)26-28(36)27(29(26)37)19-13-15-22-25-17(19)9-7-11-23(25)35(5)31(3,4)34-22/h6-15,32-33,36H,1-5H3/b27-19-. The Morgan fingerprint density at radius 1 is 0.811 bits per heavy atom. The summed E-state index contributed by atoms with van der Waals surface area (Å²) >= 11 is 0. The number of allylic oxidation sites excluding steroid dienone is 2. The van der Waals surface area contributed by atoms with Crippen LogP contribution in [0.15, 0.2) is 71.4 Å². The van der Waals surface area contributed by atoms with Crippen LogP contribution in [0.3, 0.4) is 0 Å². The highest BCUT2D eigenvalue weighted by atomic mass is 16.3. The van der Waals surface area contributed by atoms with Crippen LogP contribution in [-0.4, -0.2) is 29.3 Å². The second kappa shape index (κ2) is 6.91. The molecule has 6 nitrogen and oxygen atoms in total. The first-order chi connectivity index (χ1) is 17.6. The van der Waals surface area contributed by atoms with Gasteiger partial charge in [0.25, 0.3) is 0 Å². The van der Waals surface area contributed by atoms with Crippen molar-refractivity contribution in [2.75, 3.05) is 22.6 Å². The van der Waals surface area contributed by atoms with Crippen molar-refractivity contribution in [3.8, 4) is 0 Å². The molecule has 0 unspecified atom stereocenters. The predicted molar refractivity (Wildman–Crippen MR) is 150 cm³/mol. The Labute approximate surface area is 214 Å². The van der Waals surface area contributed by atoms with E-state index in [1.165, 1.54) is 0 Å². The van der Waals surface area contributed by atoms with E-state index >= 15 is 0 Å². The van der Waals surface area contributed by atoms with Crippen molar-refractivity contribution < 1.29 is 9.90 Å². The van der Waals surface area contributed by atoms with Crippen LogP contribution in [0.5, 0.6) is 0 Å². The van der Waals surface area contributed by atoms with Gasteiger partial charge in [-0.25, -0.2) is 0 Å². The molecule has 2 heterocycles. The molecule has 3 aliphatic rings. The minimum absolute atomic E-state index is 0.0462. The number of nitrogens with one attached hydrogen (secondary N) is 2. The van der Waals surface area contributed by atoms with Crippen molar-refractivity contribution in [3.05, 3.63) is 82.6 Å². The minimum atomic E-state index is -0.370. The number of anilines is 3. The summed E-state index contributed by atoms with van der Waals surface area (Å²) in [6.45, 7) is 8.33. The molecule has 0 atom stereocenters. The maximum Gasteiger partial charge on any atom is 0.201 e. The van der Waals surface area contributed by atoms with Crippen molar-refractivity contribution in [1.29, 1.82) is 0 Å². The number of Topliss-reactive ketones (excluding diaryl/α,β-unsaturated/α-hetero) is 1. The summed E-state index contributed by atoms with van der Waals surface area (Å²) in [5.74, 6) is -0.0951. The number of aliphatic hydroxyl groups is 1. The molecule has 3 N–H and O–H groups in total. The van der Waals surface area contributed by atoms with E-state index in [2.05, 4.69) is 49.3 Å². The lowest BCUT2D eigenvalue weighted by atomic mass is 9.79. The van der Waals surface area contributed by atoms with E-state index in [1.54, 1.807) is 0 Å². The van der Waals surface area contributed by atoms with E-state index in [-0.39, 0.29) is 22.9 Å². The molecule has 2 aliphatic heterocycles. The lowest BCUT2D eigenvalue weighted by Gasteiger charge is -2.37. The molecule has 0 aromatic heterocycles. The lowest BCUT2D eigenvalue weighted by molar-refractivity contribution is -0.109. The van der Waals surface area contributed by atoms with E-state index < -0.39 is 0 Å². The van der Waals surface area contributed by atoms with Gasteiger partial charge in [0, 0.05) is 34.9 Å². The molecular weight excluding hydrogens is 460 g/mol. The van der Waals surface area contributed by atoms with Crippen LogP contribution in [0.1, 0.15) is 33.3 Å². The molecule has 184 valence electrons. The highest BCUT2D eigenvalue weighted by molar-refractivity contribution is 6.53. The summed E-state index contributed by atoms with van der Waals surface area (Å²) in [5, 5.41) is 23.9. The zero-order chi connectivity index (χ0) is 25.9. The largest absolute Gasteiger partial charge is 0.506 e. The Morgan fingerprint density at radius 3 is 2.27 bits per heavy atom. The predicted octanol–water partition coefficient (Wildman–Crippen LogP) is 5.07. The van der Waals surface area contributed by atoms with Gasteiger partial charge in [0.2, 0.25) is 5.78 Å². The SMILES string of the molecule is CN1c2cccc3/c(=C4\C(=O)C(c5ccc6c7c(cccc57)NC(C)(C)N6)=C4O)ccc(c23)=NC1(C)C. The number of nitrogens with zero attached hydrogens (tertiary/aromatic N) is 2. The third-order valence-corrected chi connectivity index (χ3v) is 7.97. The van der Waals surface area contributed by atoms with Gasteiger partial charge in [0.1, 0.15) is 17.1 Å². The van der Waals surface area contributed by atoms with Gasteiger partial charge in [0.05, 0.1) is 16.5 Å². The summed E-state index contributed by atoms with van der Waals surface area (Å²) < 4.78 is 0. The molecular formula is C31H28N4O2. The average molecular weight is 489 g/mol. The van der Waals surface area contributed by atoms with Gasteiger partial charge in [0.15, 0.2) is 0 Å². The van der Waals surface area contributed by atoms with Crippen LogP contribution >= 0.6 is 0 Å². The number of carbonyl (C=O) groups is 1.